The van der Waals surface area contributed by atoms with Crippen molar-refractivity contribution in [2.24, 2.45) is 5.41 Å². The Balaban J connectivity index is 2.05. The molecule has 154 valence electrons. The lowest BCUT2D eigenvalue weighted by Crippen LogP contribution is -2.30. The zero-order valence-corrected chi connectivity index (χ0v) is 17.9. The van der Waals surface area contributed by atoms with E-state index in [9.17, 15) is 14.4 Å². The first kappa shape index (κ1) is 22.5. The molecule has 0 spiro atoms. The van der Waals surface area contributed by atoms with Crippen LogP contribution in [0, 0.1) is 5.41 Å². The summed E-state index contributed by atoms with van der Waals surface area (Å²) in [4.78, 5) is 36.6. The molecule has 2 aromatic carbocycles. The number of hydrogen-bond donors (Lipinski definition) is 2. The standard InChI is InChI=1S/C22H26N2O4S/c1-22(2,3)21(27)24-17-10-5-6-11-18(17)29-14-15-8-7-9-16(12-15)20(26)23-13-19(25)28-4/h5-12H,13-14H2,1-4H3,(H,23,26)(H,24,27). The summed E-state index contributed by atoms with van der Waals surface area (Å²) in [5.41, 5.74) is 1.72. The maximum atomic E-state index is 12.3. The van der Waals surface area contributed by atoms with E-state index in [1.807, 2.05) is 51.1 Å². The molecule has 2 N–H and O–H groups in total. The first-order valence-corrected chi connectivity index (χ1v) is 10.2. The second kappa shape index (κ2) is 10.1. The molecule has 0 fully saturated rings. The predicted molar refractivity (Wildman–Crippen MR) is 115 cm³/mol. The topological polar surface area (TPSA) is 84.5 Å². The van der Waals surface area contributed by atoms with Gasteiger partial charge in [0.1, 0.15) is 6.54 Å². The van der Waals surface area contributed by atoms with Gasteiger partial charge in [-0.1, -0.05) is 45.0 Å². The van der Waals surface area contributed by atoms with Gasteiger partial charge < -0.3 is 15.4 Å². The van der Waals surface area contributed by atoms with Gasteiger partial charge in [0, 0.05) is 21.6 Å². The summed E-state index contributed by atoms with van der Waals surface area (Å²) in [5.74, 6) is -0.255. The van der Waals surface area contributed by atoms with Crippen molar-refractivity contribution < 1.29 is 19.1 Å². The van der Waals surface area contributed by atoms with Crippen molar-refractivity contribution in [1.82, 2.24) is 5.32 Å². The van der Waals surface area contributed by atoms with Gasteiger partial charge in [-0.25, -0.2) is 0 Å². The highest BCUT2D eigenvalue weighted by Gasteiger charge is 2.22. The van der Waals surface area contributed by atoms with Gasteiger partial charge in [-0.3, -0.25) is 14.4 Å². The molecule has 0 heterocycles. The van der Waals surface area contributed by atoms with Gasteiger partial charge in [0.05, 0.1) is 12.8 Å². The summed E-state index contributed by atoms with van der Waals surface area (Å²) < 4.78 is 4.52. The fourth-order valence-corrected chi connectivity index (χ4v) is 3.25. The molecule has 2 rings (SSSR count). The van der Waals surface area contributed by atoms with Crippen molar-refractivity contribution in [2.45, 2.75) is 31.4 Å². The van der Waals surface area contributed by atoms with Crippen LogP contribution in [0.4, 0.5) is 5.69 Å². The lowest BCUT2D eigenvalue weighted by molar-refractivity contribution is -0.139. The number of ether oxygens (including phenoxy) is 1. The Hall–Kier alpha value is -2.80. The van der Waals surface area contributed by atoms with Crippen LogP contribution >= 0.6 is 11.8 Å². The molecule has 0 unspecified atom stereocenters. The Morgan fingerprint density at radius 1 is 1.03 bits per heavy atom. The number of anilines is 1. The number of esters is 1. The molecule has 0 saturated carbocycles. The molecule has 0 saturated heterocycles. The smallest absolute Gasteiger partial charge is 0.325 e. The van der Waals surface area contributed by atoms with Crippen molar-refractivity contribution >= 4 is 35.2 Å². The number of carbonyl (C=O) groups excluding carboxylic acids is 3. The van der Waals surface area contributed by atoms with Crippen LogP contribution in [-0.2, 0) is 20.1 Å². The molecule has 7 heteroatoms. The Bertz CT molecular complexity index is 890. The van der Waals surface area contributed by atoms with E-state index in [1.54, 1.807) is 30.0 Å². The fourth-order valence-electron chi connectivity index (χ4n) is 2.30. The highest BCUT2D eigenvalue weighted by atomic mass is 32.2. The maximum absolute atomic E-state index is 12.3. The highest BCUT2D eigenvalue weighted by Crippen LogP contribution is 2.31. The molecular formula is C22H26N2O4S. The molecule has 0 aliphatic rings. The summed E-state index contributed by atoms with van der Waals surface area (Å²) >= 11 is 1.57. The van der Waals surface area contributed by atoms with Crippen LogP contribution in [0.3, 0.4) is 0 Å². The summed E-state index contributed by atoms with van der Waals surface area (Å²) in [7, 11) is 1.27. The van der Waals surface area contributed by atoms with Crippen LogP contribution in [0.15, 0.2) is 53.4 Å². The third-order valence-electron chi connectivity index (χ3n) is 4.02. The molecular weight excluding hydrogens is 388 g/mol. The van der Waals surface area contributed by atoms with Gasteiger partial charge in [-0.2, -0.15) is 0 Å². The average Bonchev–Trinajstić information content (AvgIpc) is 2.70. The van der Waals surface area contributed by atoms with Gasteiger partial charge >= 0.3 is 5.97 Å². The molecule has 0 bridgehead atoms. The lowest BCUT2D eigenvalue weighted by atomic mass is 9.95. The van der Waals surface area contributed by atoms with Crippen LogP contribution < -0.4 is 10.6 Å². The minimum Gasteiger partial charge on any atom is -0.468 e. The number of amides is 2. The van der Waals surface area contributed by atoms with Gasteiger partial charge in [0.2, 0.25) is 5.91 Å². The minimum atomic E-state index is -0.501. The van der Waals surface area contributed by atoms with E-state index in [1.165, 1.54) is 7.11 Å². The Labute approximate surface area is 175 Å². The number of methoxy groups -OCH3 is 1. The summed E-state index contributed by atoms with van der Waals surface area (Å²) in [6.45, 7) is 5.44. The summed E-state index contributed by atoms with van der Waals surface area (Å²) in [6, 6.07) is 14.9. The zero-order chi connectivity index (χ0) is 21.4. The Morgan fingerprint density at radius 3 is 2.45 bits per heavy atom. The van der Waals surface area contributed by atoms with Crippen molar-refractivity contribution in [3.8, 4) is 0 Å². The number of carbonyl (C=O) groups is 3. The van der Waals surface area contributed by atoms with E-state index in [0.717, 1.165) is 16.1 Å². The van der Waals surface area contributed by atoms with E-state index >= 15 is 0 Å². The fraction of sp³-hybridized carbons (Fsp3) is 0.318. The number of thioether (sulfide) groups is 1. The van der Waals surface area contributed by atoms with Crippen molar-refractivity contribution in [3.63, 3.8) is 0 Å². The van der Waals surface area contributed by atoms with Gasteiger partial charge in [0.15, 0.2) is 0 Å². The highest BCUT2D eigenvalue weighted by molar-refractivity contribution is 7.98. The molecule has 0 aliphatic heterocycles. The average molecular weight is 415 g/mol. The third kappa shape index (κ3) is 6.94. The Morgan fingerprint density at radius 2 is 1.76 bits per heavy atom. The monoisotopic (exact) mass is 414 g/mol. The normalized spacial score (nSPS) is 10.9. The summed E-state index contributed by atoms with van der Waals surface area (Å²) in [5, 5.41) is 5.51. The van der Waals surface area contributed by atoms with Crippen molar-refractivity contribution in [3.05, 3.63) is 59.7 Å². The molecule has 0 aromatic heterocycles. The predicted octanol–water partition coefficient (Wildman–Crippen LogP) is 3.87. The van der Waals surface area contributed by atoms with E-state index in [0.29, 0.717) is 11.3 Å². The summed E-state index contributed by atoms with van der Waals surface area (Å²) in [6.07, 6.45) is 0. The Kier molecular flexibility index (Phi) is 7.84. The quantitative estimate of drug-likeness (QED) is 0.531. The number of nitrogens with one attached hydrogen (secondary N) is 2. The van der Waals surface area contributed by atoms with Crippen molar-refractivity contribution in [1.29, 1.82) is 0 Å². The molecule has 6 nitrogen and oxygen atoms in total. The number of rotatable bonds is 7. The van der Waals surface area contributed by atoms with E-state index in [4.69, 9.17) is 0 Å². The zero-order valence-electron chi connectivity index (χ0n) is 17.1. The van der Waals surface area contributed by atoms with E-state index in [2.05, 4.69) is 15.4 Å². The van der Waals surface area contributed by atoms with E-state index < -0.39 is 11.4 Å². The molecule has 0 radical (unpaired) electrons. The largest absolute Gasteiger partial charge is 0.468 e. The SMILES string of the molecule is COC(=O)CNC(=O)c1cccc(CSc2ccccc2NC(=O)C(C)(C)C)c1. The second-order valence-electron chi connectivity index (χ2n) is 7.45. The van der Waals surface area contributed by atoms with Crippen LogP contribution in [-0.4, -0.2) is 31.4 Å². The van der Waals surface area contributed by atoms with Gasteiger partial charge in [-0.05, 0) is 29.8 Å². The first-order valence-electron chi connectivity index (χ1n) is 9.18. The maximum Gasteiger partial charge on any atom is 0.325 e. The van der Waals surface area contributed by atoms with Crippen LogP contribution in [0.25, 0.3) is 0 Å². The van der Waals surface area contributed by atoms with Crippen LogP contribution in [0.5, 0.6) is 0 Å². The number of para-hydroxylation sites is 1. The number of hydrogen-bond acceptors (Lipinski definition) is 5. The number of benzene rings is 2. The van der Waals surface area contributed by atoms with Gasteiger partial charge in [-0.15, -0.1) is 11.8 Å². The van der Waals surface area contributed by atoms with Crippen molar-refractivity contribution in [2.75, 3.05) is 19.0 Å². The molecule has 0 aliphatic carbocycles. The second-order valence-corrected chi connectivity index (χ2v) is 8.47. The third-order valence-corrected chi connectivity index (χ3v) is 5.17. The minimum absolute atomic E-state index is 0.0465. The van der Waals surface area contributed by atoms with E-state index in [-0.39, 0.29) is 18.4 Å². The lowest BCUT2D eigenvalue weighted by Gasteiger charge is -2.19. The van der Waals surface area contributed by atoms with Gasteiger partial charge in [0.25, 0.3) is 5.91 Å². The van der Waals surface area contributed by atoms with Crippen LogP contribution in [0.2, 0.25) is 0 Å². The first-order chi connectivity index (χ1) is 13.7. The molecule has 29 heavy (non-hydrogen) atoms. The van der Waals surface area contributed by atoms with Crippen LogP contribution in [0.1, 0.15) is 36.7 Å². The molecule has 2 amide bonds. The molecule has 2 aromatic rings. The molecule has 0 atom stereocenters.